The predicted molar refractivity (Wildman–Crippen MR) is 97.8 cm³/mol. The summed E-state index contributed by atoms with van der Waals surface area (Å²) in [7, 11) is 0. The Hall–Kier alpha value is -2.78. The smallest absolute Gasteiger partial charge is 0.323 e. The number of aliphatic hydroxyl groups is 2. The predicted octanol–water partition coefficient (Wildman–Crippen LogP) is -1.18. The van der Waals surface area contributed by atoms with Crippen molar-refractivity contribution in [3.05, 3.63) is 24.2 Å². The van der Waals surface area contributed by atoms with Gasteiger partial charge in [-0.3, -0.25) is 4.79 Å². The lowest BCUT2D eigenvalue weighted by molar-refractivity contribution is -0.161. The molecule has 1 aliphatic heterocycles. The Morgan fingerprint density at radius 3 is 2.83 bits per heavy atom. The molecule has 0 bridgehead atoms. The van der Waals surface area contributed by atoms with Crippen molar-refractivity contribution < 1.29 is 24.5 Å². The molecule has 29 heavy (non-hydrogen) atoms. The maximum Gasteiger partial charge on any atom is 0.323 e. The molecule has 4 rings (SSSR count). The summed E-state index contributed by atoms with van der Waals surface area (Å²) in [5.41, 5.74) is 8.38. The van der Waals surface area contributed by atoms with E-state index in [0.29, 0.717) is 11.9 Å². The number of aliphatic hydroxyl groups excluding tert-OH is 1. The molecule has 0 amide bonds. The lowest BCUT2D eigenvalue weighted by Gasteiger charge is -2.29. The molecule has 0 radical (unpaired) electrons. The molecule has 1 saturated heterocycles. The highest BCUT2D eigenvalue weighted by Gasteiger charge is 2.84. The zero-order valence-corrected chi connectivity index (χ0v) is 15.9. The number of fused-ring (bicyclic) bond motifs is 2. The Balaban J connectivity index is 1.60. The molecule has 11 nitrogen and oxygen atoms in total. The van der Waals surface area contributed by atoms with Crippen molar-refractivity contribution in [3.8, 4) is 6.07 Å². The minimum Gasteiger partial charge on any atom is -0.455 e. The molecule has 1 unspecified atom stereocenters. The molecule has 154 valence electrons. The molecule has 1 saturated carbocycles. The lowest BCUT2D eigenvalue weighted by Crippen LogP contribution is -2.48. The number of carbonyl (C=O) groups excluding carboxylic acids is 1. The number of hydrogen-bond donors (Lipinski definition) is 4. The standard InChI is InChI=1S/C18H22N6O5/c1-8(2)5-9(20)15(25)28-12-13-18(12,27)16(26)17(6-19,29-13)11-4-3-10-14(21)22-7-23-24(10)11/h3-4,7-9,12-13,16,26-27H,5,20H2,1-2H3,(H2,21,22,23)/t9-,12?,13+,16-,17-,18+/m0/s1. The maximum atomic E-state index is 12.2. The number of nitrogens with zero attached hydrogens (tertiary/aromatic N) is 4. The third-order valence-electron chi connectivity index (χ3n) is 5.51. The Morgan fingerprint density at radius 2 is 2.24 bits per heavy atom. The first-order valence-electron chi connectivity index (χ1n) is 9.21. The van der Waals surface area contributed by atoms with Crippen LogP contribution in [0, 0.1) is 17.2 Å². The van der Waals surface area contributed by atoms with Crippen molar-refractivity contribution in [2.24, 2.45) is 11.7 Å². The highest BCUT2D eigenvalue weighted by molar-refractivity contribution is 5.76. The van der Waals surface area contributed by atoms with E-state index < -0.39 is 41.5 Å². The molecule has 1 aliphatic carbocycles. The van der Waals surface area contributed by atoms with Gasteiger partial charge in [0.1, 0.15) is 36.2 Å². The molecule has 3 heterocycles. The van der Waals surface area contributed by atoms with Crippen LogP contribution in [0.4, 0.5) is 5.82 Å². The Morgan fingerprint density at radius 1 is 1.52 bits per heavy atom. The molecule has 2 aromatic heterocycles. The molecular weight excluding hydrogens is 380 g/mol. The first kappa shape index (κ1) is 19.5. The second kappa shape index (κ2) is 6.36. The van der Waals surface area contributed by atoms with Gasteiger partial charge >= 0.3 is 5.97 Å². The lowest BCUT2D eigenvalue weighted by atomic mass is 9.90. The van der Waals surface area contributed by atoms with Crippen molar-refractivity contribution in [1.82, 2.24) is 14.6 Å². The number of carbonyl (C=O) groups is 1. The number of rotatable bonds is 5. The highest BCUT2D eigenvalue weighted by Crippen LogP contribution is 2.59. The van der Waals surface area contributed by atoms with Gasteiger partial charge in [0.15, 0.2) is 17.5 Å². The first-order valence-corrected chi connectivity index (χ1v) is 9.21. The van der Waals surface area contributed by atoms with Gasteiger partial charge in [-0.25, -0.2) is 9.50 Å². The van der Waals surface area contributed by atoms with Crippen molar-refractivity contribution in [2.45, 2.75) is 55.8 Å². The molecule has 2 aliphatic rings. The van der Waals surface area contributed by atoms with E-state index in [1.54, 1.807) is 6.07 Å². The Labute approximate surface area is 165 Å². The molecule has 6 N–H and O–H groups in total. The first-order chi connectivity index (χ1) is 13.7. The average Bonchev–Trinajstić information content (AvgIpc) is 2.97. The molecule has 11 heteroatoms. The Bertz CT molecular complexity index is 1020. The largest absolute Gasteiger partial charge is 0.455 e. The number of anilines is 1. The topological polar surface area (TPSA) is 182 Å². The van der Waals surface area contributed by atoms with Crippen molar-refractivity contribution in [2.75, 3.05) is 5.73 Å². The van der Waals surface area contributed by atoms with Crippen LogP contribution in [-0.2, 0) is 19.9 Å². The Kier molecular flexibility index (Phi) is 4.29. The van der Waals surface area contributed by atoms with E-state index >= 15 is 0 Å². The number of esters is 1. The third kappa shape index (κ3) is 2.61. The second-order valence-electron chi connectivity index (χ2n) is 7.93. The van der Waals surface area contributed by atoms with Gasteiger partial charge in [-0.15, -0.1) is 0 Å². The fourth-order valence-electron chi connectivity index (χ4n) is 3.94. The number of nitriles is 1. The quantitative estimate of drug-likeness (QED) is 0.444. The number of nitrogens with two attached hydrogens (primary N) is 2. The van der Waals surface area contributed by atoms with Crippen LogP contribution in [0.3, 0.4) is 0 Å². The highest BCUT2D eigenvalue weighted by atomic mass is 16.6. The number of ether oxygens (including phenoxy) is 2. The van der Waals surface area contributed by atoms with Crippen LogP contribution in [0.5, 0.6) is 0 Å². The normalized spacial score (nSPS) is 34.0. The number of nitrogen functional groups attached to an aromatic ring is 1. The molecule has 6 atom stereocenters. The zero-order chi connectivity index (χ0) is 21.1. The maximum absolute atomic E-state index is 12.2. The summed E-state index contributed by atoms with van der Waals surface area (Å²) < 4.78 is 12.3. The van der Waals surface area contributed by atoms with Gasteiger partial charge in [-0.05, 0) is 24.5 Å². The molecule has 2 fully saturated rings. The fourth-order valence-corrected chi connectivity index (χ4v) is 3.94. The molecular formula is C18H22N6O5. The third-order valence-corrected chi connectivity index (χ3v) is 5.51. The van der Waals surface area contributed by atoms with Gasteiger partial charge in [0.05, 0.1) is 5.69 Å². The minimum atomic E-state index is -1.92. The van der Waals surface area contributed by atoms with Crippen LogP contribution in [0.2, 0.25) is 0 Å². The van der Waals surface area contributed by atoms with E-state index in [0.717, 1.165) is 0 Å². The summed E-state index contributed by atoms with van der Waals surface area (Å²) in [5.74, 6) is -0.329. The number of aromatic nitrogens is 3. The second-order valence-corrected chi connectivity index (χ2v) is 7.93. The van der Waals surface area contributed by atoms with E-state index in [9.17, 15) is 20.3 Å². The van der Waals surface area contributed by atoms with Crippen molar-refractivity contribution in [3.63, 3.8) is 0 Å². The molecule has 0 aromatic carbocycles. The summed E-state index contributed by atoms with van der Waals surface area (Å²) >= 11 is 0. The van der Waals surface area contributed by atoms with E-state index in [2.05, 4.69) is 10.1 Å². The fraction of sp³-hybridized carbons (Fsp3) is 0.556. The van der Waals surface area contributed by atoms with Crippen LogP contribution in [0.25, 0.3) is 5.52 Å². The monoisotopic (exact) mass is 402 g/mol. The van der Waals surface area contributed by atoms with Crippen molar-refractivity contribution >= 4 is 17.3 Å². The van der Waals surface area contributed by atoms with E-state index in [4.69, 9.17) is 20.9 Å². The summed E-state index contributed by atoms with van der Waals surface area (Å²) in [5, 5.41) is 35.6. The summed E-state index contributed by atoms with van der Waals surface area (Å²) in [6.07, 6.45) is -2.27. The molecule has 2 aromatic rings. The molecule has 0 spiro atoms. The van der Waals surface area contributed by atoms with E-state index in [1.165, 1.54) is 16.9 Å². The van der Waals surface area contributed by atoms with Crippen LogP contribution < -0.4 is 11.5 Å². The average molecular weight is 402 g/mol. The zero-order valence-electron chi connectivity index (χ0n) is 15.9. The van der Waals surface area contributed by atoms with Crippen LogP contribution >= 0.6 is 0 Å². The summed E-state index contributed by atoms with van der Waals surface area (Å²) in [6.45, 7) is 3.83. The summed E-state index contributed by atoms with van der Waals surface area (Å²) in [6, 6.07) is 4.17. The van der Waals surface area contributed by atoms with Gasteiger partial charge in [0.2, 0.25) is 5.60 Å². The van der Waals surface area contributed by atoms with E-state index in [1.807, 2.05) is 19.9 Å². The van der Waals surface area contributed by atoms with Gasteiger partial charge in [-0.2, -0.15) is 10.4 Å². The van der Waals surface area contributed by atoms with Crippen molar-refractivity contribution in [1.29, 1.82) is 5.26 Å². The van der Waals surface area contributed by atoms with Gasteiger partial charge in [0.25, 0.3) is 0 Å². The van der Waals surface area contributed by atoms with Gasteiger partial charge in [-0.1, -0.05) is 13.8 Å². The van der Waals surface area contributed by atoms with Crippen LogP contribution in [0.15, 0.2) is 18.5 Å². The van der Waals surface area contributed by atoms with Gasteiger partial charge in [0, 0.05) is 0 Å². The minimum absolute atomic E-state index is 0.179. The van der Waals surface area contributed by atoms with Crippen LogP contribution in [0.1, 0.15) is 26.0 Å². The van der Waals surface area contributed by atoms with Crippen LogP contribution in [-0.4, -0.2) is 60.7 Å². The SMILES string of the molecule is CC(C)C[C@H](N)C(=O)OC1[C@H]2O[C@@](C#N)(c3ccc4c(N)ncnn34)[C@H](O)[C@@]12O. The number of hydrogen-bond acceptors (Lipinski definition) is 10. The van der Waals surface area contributed by atoms with Gasteiger partial charge < -0.3 is 31.2 Å². The van der Waals surface area contributed by atoms with E-state index in [-0.39, 0.29) is 17.4 Å². The summed E-state index contributed by atoms with van der Waals surface area (Å²) in [4.78, 5) is 16.1.